The van der Waals surface area contributed by atoms with Gasteiger partial charge in [0.15, 0.2) is 5.79 Å². The van der Waals surface area contributed by atoms with Crippen LogP contribution >= 0.6 is 0 Å². The largest absolute Gasteiger partial charge is 0.362 e. The van der Waals surface area contributed by atoms with Crippen LogP contribution in [0.4, 0.5) is 0 Å². The summed E-state index contributed by atoms with van der Waals surface area (Å²) < 4.78 is 0. The molecule has 0 saturated carbocycles. The van der Waals surface area contributed by atoms with E-state index >= 15 is 0 Å². The maximum atomic E-state index is 10.2. The van der Waals surface area contributed by atoms with Crippen LogP contribution in [0, 0.1) is 0 Å². The van der Waals surface area contributed by atoms with Crippen molar-refractivity contribution < 1.29 is 10.2 Å². The topological polar surface area (TPSA) is 40.5 Å². The van der Waals surface area contributed by atoms with Gasteiger partial charge in [-0.25, -0.2) is 0 Å². The Morgan fingerprint density at radius 3 is 2.55 bits per heavy atom. The van der Waals surface area contributed by atoms with Crippen LogP contribution in [0.5, 0.6) is 0 Å². The van der Waals surface area contributed by atoms with Crippen LogP contribution in [0.3, 0.4) is 0 Å². The summed E-state index contributed by atoms with van der Waals surface area (Å²) in [6.07, 6.45) is 8.30. The van der Waals surface area contributed by atoms with Gasteiger partial charge in [-0.1, -0.05) is 68.7 Å². The van der Waals surface area contributed by atoms with E-state index in [9.17, 15) is 10.2 Å². The first kappa shape index (κ1) is 15.0. The van der Waals surface area contributed by atoms with Gasteiger partial charge in [0.2, 0.25) is 0 Å². The number of aliphatic hydroxyl groups is 2. The highest BCUT2D eigenvalue weighted by molar-refractivity contribution is 5.74. The quantitative estimate of drug-likeness (QED) is 0.800. The molecule has 0 aliphatic heterocycles. The lowest BCUT2D eigenvalue weighted by Gasteiger charge is -2.28. The lowest BCUT2D eigenvalue weighted by Crippen LogP contribution is -2.31. The van der Waals surface area contributed by atoms with Gasteiger partial charge < -0.3 is 10.2 Å². The van der Waals surface area contributed by atoms with Gasteiger partial charge in [0.05, 0.1) is 0 Å². The van der Waals surface area contributed by atoms with Crippen molar-refractivity contribution in [2.24, 2.45) is 0 Å². The molecule has 20 heavy (non-hydrogen) atoms. The van der Waals surface area contributed by atoms with Gasteiger partial charge in [-0.3, -0.25) is 0 Å². The summed E-state index contributed by atoms with van der Waals surface area (Å²) in [5.41, 5.74) is 3.99. The fourth-order valence-corrected chi connectivity index (χ4v) is 2.70. The maximum absolute atomic E-state index is 10.2. The number of aryl methyl sites for hydroxylation is 1. The summed E-state index contributed by atoms with van der Waals surface area (Å²) in [5.74, 6) is -1.75. The smallest absolute Gasteiger partial charge is 0.193 e. The molecule has 0 bridgehead atoms. The maximum Gasteiger partial charge on any atom is 0.193 e. The van der Waals surface area contributed by atoms with Crippen molar-refractivity contribution in [3.05, 3.63) is 53.1 Å². The highest BCUT2D eigenvalue weighted by Crippen LogP contribution is 2.35. The molecule has 1 aromatic rings. The van der Waals surface area contributed by atoms with Crippen molar-refractivity contribution in [3.63, 3.8) is 0 Å². The van der Waals surface area contributed by atoms with E-state index in [0.717, 1.165) is 31.2 Å². The number of allylic oxidation sites excluding steroid dienone is 2. The van der Waals surface area contributed by atoms with Gasteiger partial charge in [-0.05, 0) is 24.0 Å². The van der Waals surface area contributed by atoms with Gasteiger partial charge in [0.1, 0.15) is 0 Å². The first-order valence-corrected chi connectivity index (χ1v) is 7.52. The molecule has 2 heteroatoms. The number of rotatable bonds is 5. The Hall–Kier alpha value is -1.38. The number of benzene rings is 1. The van der Waals surface area contributed by atoms with Crippen LogP contribution in [0.25, 0.3) is 5.57 Å². The first-order chi connectivity index (χ1) is 9.56. The van der Waals surface area contributed by atoms with E-state index in [1.54, 1.807) is 0 Å². The predicted molar refractivity (Wildman–Crippen MR) is 83.2 cm³/mol. The fraction of sp³-hybridized carbons (Fsp3) is 0.444. The molecule has 1 aliphatic carbocycles. The average Bonchev–Trinajstić information content (AvgIpc) is 2.42. The molecular weight excluding hydrogens is 248 g/mol. The zero-order valence-electron chi connectivity index (χ0n) is 12.4. The highest BCUT2D eigenvalue weighted by atomic mass is 16.5. The van der Waals surface area contributed by atoms with E-state index in [0.29, 0.717) is 5.57 Å². The van der Waals surface area contributed by atoms with Crippen molar-refractivity contribution in [1.29, 1.82) is 0 Å². The van der Waals surface area contributed by atoms with Gasteiger partial charge in [0.25, 0.3) is 0 Å². The summed E-state index contributed by atoms with van der Waals surface area (Å²) >= 11 is 0. The lowest BCUT2D eigenvalue weighted by molar-refractivity contribution is -0.105. The van der Waals surface area contributed by atoms with Crippen LogP contribution in [0.2, 0.25) is 0 Å². The molecule has 0 heterocycles. The van der Waals surface area contributed by atoms with Crippen LogP contribution in [-0.4, -0.2) is 16.0 Å². The Kier molecular flexibility index (Phi) is 4.79. The average molecular weight is 272 g/mol. The molecule has 0 fully saturated rings. The van der Waals surface area contributed by atoms with Crippen molar-refractivity contribution in [2.45, 2.75) is 51.7 Å². The van der Waals surface area contributed by atoms with Crippen LogP contribution in [0.1, 0.15) is 50.7 Å². The summed E-state index contributed by atoms with van der Waals surface area (Å²) in [6, 6.07) is 8.12. The third-order valence-corrected chi connectivity index (χ3v) is 3.73. The van der Waals surface area contributed by atoms with E-state index in [2.05, 4.69) is 26.0 Å². The van der Waals surface area contributed by atoms with E-state index < -0.39 is 5.79 Å². The molecule has 2 N–H and O–H groups in total. The summed E-state index contributed by atoms with van der Waals surface area (Å²) in [6.45, 7) is 4.28. The molecule has 0 saturated heterocycles. The second-order valence-electron chi connectivity index (χ2n) is 5.56. The summed E-state index contributed by atoms with van der Waals surface area (Å²) in [4.78, 5) is 0. The zero-order chi connectivity index (χ0) is 14.6. The molecule has 108 valence electrons. The normalized spacial score (nSPS) is 17.6. The molecule has 1 aromatic carbocycles. The molecular formula is C18H24O2. The molecule has 1 aliphatic rings. The van der Waals surface area contributed by atoms with Crippen molar-refractivity contribution in [2.75, 3.05) is 0 Å². The second kappa shape index (κ2) is 6.38. The minimum absolute atomic E-state index is 0.270. The molecule has 2 rings (SSSR count). The molecule has 0 radical (unpaired) electrons. The second-order valence-corrected chi connectivity index (χ2v) is 5.56. The Balaban J connectivity index is 2.36. The zero-order valence-corrected chi connectivity index (χ0v) is 12.4. The molecule has 0 unspecified atom stereocenters. The Bertz CT molecular complexity index is 524. The minimum atomic E-state index is -1.75. The predicted octanol–water partition coefficient (Wildman–Crippen LogP) is 3.83. The van der Waals surface area contributed by atoms with Gasteiger partial charge >= 0.3 is 0 Å². The van der Waals surface area contributed by atoms with Gasteiger partial charge in [0, 0.05) is 12.0 Å². The first-order valence-electron chi connectivity index (χ1n) is 7.52. The summed E-state index contributed by atoms with van der Waals surface area (Å²) in [7, 11) is 0. The Morgan fingerprint density at radius 1 is 1.10 bits per heavy atom. The van der Waals surface area contributed by atoms with E-state index in [4.69, 9.17) is 0 Å². The van der Waals surface area contributed by atoms with Crippen molar-refractivity contribution in [3.8, 4) is 0 Å². The molecule has 0 atom stereocenters. The lowest BCUT2D eigenvalue weighted by atomic mass is 9.86. The van der Waals surface area contributed by atoms with Crippen molar-refractivity contribution in [1.82, 2.24) is 0 Å². The SMILES string of the molecule is CCCC1=CCC(O)(O)C(c2cccc(CCC)c2)=C1. The number of hydrogen-bond donors (Lipinski definition) is 2. The third-order valence-electron chi connectivity index (χ3n) is 3.73. The molecule has 0 amide bonds. The van der Waals surface area contributed by atoms with Crippen molar-refractivity contribution >= 4 is 5.57 Å². The monoisotopic (exact) mass is 272 g/mol. The minimum Gasteiger partial charge on any atom is -0.362 e. The molecule has 0 spiro atoms. The standard InChI is InChI=1S/C18H24O2/c1-3-6-14-8-5-9-16(12-14)17-13-15(7-4-2)10-11-18(17,19)20/h5,8-10,12-13,19-20H,3-4,6-7,11H2,1-2H3. The van der Waals surface area contributed by atoms with Gasteiger partial charge in [-0.2, -0.15) is 0 Å². The Morgan fingerprint density at radius 2 is 1.85 bits per heavy atom. The van der Waals surface area contributed by atoms with Crippen LogP contribution in [0.15, 0.2) is 42.0 Å². The van der Waals surface area contributed by atoms with Gasteiger partial charge in [-0.15, -0.1) is 0 Å². The van der Waals surface area contributed by atoms with Crippen LogP contribution < -0.4 is 0 Å². The number of hydrogen-bond acceptors (Lipinski definition) is 2. The summed E-state index contributed by atoms with van der Waals surface area (Å²) in [5, 5.41) is 20.5. The van der Waals surface area contributed by atoms with E-state index in [1.807, 2.05) is 24.3 Å². The highest BCUT2D eigenvalue weighted by Gasteiger charge is 2.31. The Labute approximate surface area is 121 Å². The molecule has 0 aromatic heterocycles. The van der Waals surface area contributed by atoms with Crippen LogP contribution in [-0.2, 0) is 6.42 Å². The third kappa shape index (κ3) is 3.38. The molecule has 2 nitrogen and oxygen atoms in total. The van der Waals surface area contributed by atoms with E-state index in [-0.39, 0.29) is 6.42 Å². The van der Waals surface area contributed by atoms with E-state index in [1.165, 1.54) is 11.1 Å². The fourth-order valence-electron chi connectivity index (χ4n) is 2.70.